The Morgan fingerprint density at radius 1 is 1.07 bits per heavy atom. The summed E-state index contributed by atoms with van der Waals surface area (Å²) in [5.41, 5.74) is 4.14. The van der Waals surface area contributed by atoms with Crippen LogP contribution in [0.25, 0.3) is 0 Å². The van der Waals surface area contributed by atoms with Gasteiger partial charge in [0.1, 0.15) is 5.75 Å². The van der Waals surface area contributed by atoms with Crippen molar-refractivity contribution in [1.29, 1.82) is 0 Å². The number of nitrogens with one attached hydrogen (secondary N) is 1. The molecule has 6 rings (SSSR count). The first-order valence-electron chi connectivity index (χ1n) is 17.7. The van der Waals surface area contributed by atoms with Crippen molar-refractivity contribution in [3.8, 4) is 5.75 Å². The highest BCUT2D eigenvalue weighted by atomic mass is 16.6. The number of benzene rings is 1. The summed E-state index contributed by atoms with van der Waals surface area (Å²) in [7, 11) is 3.91. The summed E-state index contributed by atoms with van der Waals surface area (Å²) in [5, 5.41) is 18.4. The Bertz CT molecular complexity index is 1290. The van der Waals surface area contributed by atoms with Gasteiger partial charge >= 0.3 is 0 Å². The molecule has 45 heavy (non-hydrogen) atoms. The highest BCUT2D eigenvalue weighted by Gasteiger charge is 2.58. The van der Waals surface area contributed by atoms with Gasteiger partial charge in [0.15, 0.2) is 6.61 Å². The third-order valence-corrected chi connectivity index (χ3v) is 13.8. The zero-order valence-corrected chi connectivity index (χ0v) is 28.6. The molecule has 4 fully saturated rings. The van der Waals surface area contributed by atoms with E-state index in [1.807, 2.05) is 0 Å². The predicted octanol–water partition coefficient (Wildman–Crippen LogP) is 6.50. The Balaban J connectivity index is 1.04. The van der Waals surface area contributed by atoms with Crippen LogP contribution < -0.4 is 10.1 Å². The van der Waals surface area contributed by atoms with Crippen molar-refractivity contribution in [2.75, 3.05) is 33.9 Å². The summed E-state index contributed by atoms with van der Waals surface area (Å²) in [6, 6.07) is 8.98. The number of hydrogen-bond acceptors (Lipinski definition) is 6. The maximum Gasteiger partial charge on any atom is 0.260 e. The zero-order valence-electron chi connectivity index (χ0n) is 28.6. The minimum absolute atomic E-state index is 0.0129. The summed E-state index contributed by atoms with van der Waals surface area (Å²) < 4.78 is 5.42. The van der Waals surface area contributed by atoms with Gasteiger partial charge < -0.3 is 24.9 Å². The predicted molar refractivity (Wildman–Crippen MR) is 179 cm³/mol. The summed E-state index contributed by atoms with van der Waals surface area (Å²) in [5.74, 6) is 3.30. The zero-order chi connectivity index (χ0) is 32.0. The van der Waals surface area contributed by atoms with E-state index < -0.39 is 0 Å². The number of carbonyl (C=O) groups excluding carboxylic acids is 1. The summed E-state index contributed by atoms with van der Waals surface area (Å²) in [6.45, 7) is 11.1. The maximum atomic E-state index is 12.9. The molecule has 9 atom stereocenters. The van der Waals surface area contributed by atoms with E-state index in [0.717, 1.165) is 68.9 Å². The molecule has 0 spiro atoms. The van der Waals surface area contributed by atoms with E-state index in [1.54, 1.807) is 7.11 Å². The van der Waals surface area contributed by atoms with E-state index in [4.69, 9.17) is 9.57 Å². The SMILES string of the molecule is COc1ccc(C2(CCNC(=O)CON=C3C=C4CCC5C6CCC(O)[C@@]6(C)CCC5[C@@]4(C)CC3)CC(C)N(C)CC2C)cc1. The quantitative estimate of drug-likeness (QED) is 0.325. The van der Waals surface area contributed by atoms with Crippen molar-refractivity contribution in [1.82, 2.24) is 10.2 Å². The van der Waals surface area contributed by atoms with Crippen LogP contribution in [0.3, 0.4) is 0 Å². The largest absolute Gasteiger partial charge is 0.497 e. The normalized spacial score (nSPS) is 40.6. The highest BCUT2D eigenvalue weighted by molar-refractivity contribution is 5.96. The number of oxime groups is 1. The third kappa shape index (κ3) is 5.86. The molecule has 0 bridgehead atoms. The van der Waals surface area contributed by atoms with Gasteiger partial charge in [0, 0.05) is 24.5 Å². The summed E-state index contributed by atoms with van der Waals surface area (Å²) >= 11 is 0. The minimum Gasteiger partial charge on any atom is -0.497 e. The monoisotopic (exact) mass is 619 g/mol. The number of nitrogens with zero attached hydrogens (tertiary/aromatic N) is 2. The first-order valence-corrected chi connectivity index (χ1v) is 17.7. The van der Waals surface area contributed by atoms with E-state index in [9.17, 15) is 9.90 Å². The molecule has 3 saturated carbocycles. The smallest absolute Gasteiger partial charge is 0.260 e. The van der Waals surface area contributed by atoms with E-state index in [2.05, 4.69) is 80.5 Å². The van der Waals surface area contributed by atoms with Crippen LogP contribution in [-0.2, 0) is 15.0 Å². The van der Waals surface area contributed by atoms with E-state index >= 15 is 0 Å². The summed E-state index contributed by atoms with van der Waals surface area (Å²) in [6.07, 6.45) is 13.0. The molecule has 1 aromatic carbocycles. The molecule has 0 radical (unpaired) electrons. The van der Waals surface area contributed by atoms with Gasteiger partial charge in [-0.2, -0.15) is 0 Å². The van der Waals surface area contributed by atoms with Crippen molar-refractivity contribution in [3.05, 3.63) is 41.5 Å². The number of carbonyl (C=O) groups is 1. The van der Waals surface area contributed by atoms with Crippen LogP contribution in [0.5, 0.6) is 5.75 Å². The van der Waals surface area contributed by atoms with Crippen molar-refractivity contribution in [2.24, 2.45) is 39.7 Å². The third-order valence-electron chi connectivity index (χ3n) is 13.8. The molecule has 0 aromatic heterocycles. The molecular weight excluding hydrogens is 562 g/mol. The number of hydrogen-bond donors (Lipinski definition) is 2. The summed E-state index contributed by atoms with van der Waals surface area (Å²) in [4.78, 5) is 21.0. The number of fused-ring (bicyclic) bond motifs is 5. The lowest BCUT2D eigenvalue weighted by atomic mass is 9.47. The molecule has 248 valence electrons. The van der Waals surface area contributed by atoms with Crippen molar-refractivity contribution in [3.63, 3.8) is 0 Å². The molecule has 4 aliphatic carbocycles. The van der Waals surface area contributed by atoms with Gasteiger partial charge in [0.05, 0.1) is 18.9 Å². The topological polar surface area (TPSA) is 83.4 Å². The fraction of sp³-hybridized carbons (Fsp3) is 0.737. The molecule has 2 N–H and O–H groups in total. The number of likely N-dealkylation sites (tertiary alicyclic amines) is 1. The molecular formula is C38H57N3O4. The minimum atomic E-state index is -0.122. The number of amides is 1. The van der Waals surface area contributed by atoms with Gasteiger partial charge in [0.2, 0.25) is 0 Å². The first kappa shape index (κ1) is 32.6. The second-order valence-electron chi connectivity index (χ2n) is 15.9. The van der Waals surface area contributed by atoms with Crippen LogP contribution in [0.1, 0.15) is 97.5 Å². The van der Waals surface area contributed by atoms with Crippen LogP contribution in [-0.4, -0.2) is 67.6 Å². The Labute approximate surface area is 271 Å². The lowest BCUT2D eigenvalue weighted by Crippen LogP contribution is -2.52. The standard InChI is InChI=1S/C38H57N3O4/c1-25-23-41(5)26(2)22-38(25,27-7-10-30(44-6)11-8-27)19-20-39-35(43)24-45-40-29-15-17-36(3)28(21-29)9-12-31-32-13-14-34(42)37(32,4)18-16-33(31)36/h7-8,10-11,21,25-26,31-34,42H,9,12-20,22-24H2,1-6H3,(H,39,43)/t25?,26?,31?,32?,33?,34?,36-,37-,38?/m0/s1. The van der Waals surface area contributed by atoms with Crippen LogP contribution in [0.15, 0.2) is 41.1 Å². The number of aliphatic hydroxyl groups is 1. The van der Waals surface area contributed by atoms with Gasteiger partial charge in [-0.25, -0.2) is 0 Å². The fourth-order valence-corrected chi connectivity index (χ4v) is 10.8. The van der Waals surface area contributed by atoms with Gasteiger partial charge in [-0.15, -0.1) is 0 Å². The number of allylic oxidation sites excluding steroid dienone is 2. The van der Waals surface area contributed by atoms with Gasteiger partial charge in [0.25, 0.3) is 5.91 Å². The van der Waals surface area contributed by atoms with Crippen molar-refractivity contribution >= 4 is 11.6 Å². The van der Waals surface area contributed by atoms with Gasteiger partial charge in [-0.1, -0.05) is 43.6 Å². The van der Waals surface area contributed by atoms with E-state index in [1.165, 1.54) is 30.4 Å². The second-order valence-corrected chi connectivity index (χ2v) is 15.9. The number of piperidine rings is 1. The van der Waals surface area contributed by atoms with Crippen molar-refractivity contribution < 1.29 is 19.5 Å². The molecule has 7 unspecified atom stereocenters. The molecule has 5 aliphatic rings. The second kappa shape index (κ2) is 12.7. The van der Waals surface area contributed by atoms with Crippen LogP contribution in [0.4, 0.5) is 0 Å². The number of aliphatic hydroxyl groups excluding tert-OH is 1. The average Bonchev–Trinajstić information content (AvgIpc) is 3.33. The van der Waals surface area contributed by atoms with Crippen LogP contribution in [0.2, 0.25) is 0 Å². The molecule has 1 saturated heterocycles. The van der Waals surface area contributed by atoms with Crippen LogP contribution in [0, 0.1) is 34.5 Å². The van der Waals surface area contributed by atoms with Gasteiger partial charge in [-0.3, -0.25) is 4.79 Å². The fourth-order valence-electron chi connectivity index (χ4n) is 10.8. The lowest BCUT2D eigenvalue weighted by Gasteiger charge is -2.57. The Morgan fingerprint density at radius 2 is 1.84 bits per heavy atom. The molecule has 7 heteroatoms. The Kier molecular flexibility index (Phi) is 9.17. The highest BCUT2D eigenvalue weighted by Crippen LogP contribution is 2.65. The molecule has 1 aromatic rings. The van der Waals surface area contributed by atoms with E-state index in [0.29, 0.717) is 30.3 Å². The Morgan fingerprint density at radius 3 is 2.60 bits per heavy atom. The molecule has 1 amide bonds. The lowest BCUT2D eigenvalue weighted by molar-refractivity contribution is -0.125. The number of methoxy groups -OCH3 is 1. The molecule has 1 aliphatic heterocycles. The number of ether oxygens (including phenoxy) is 1. The van der Waals surface area contributed by atoms with Crippen molar-refractivity contribution in [2.45, 2.75) is 109 Å². The maximum absolute atomic E-state index is 12.9. The average molecular weight is 620 g/mol. The molecule has 7 nitrogen and oxygen atoms in total. The molecule has 1 heterocycles. The van der Waals surface area contributed by atoms with Crippen LogP contribution >= 0.6 is 0 Å². The number of rotatable bonds is 8. The van der Waals surface area contributed by atoms with E-state index in [-0.39, 0.29) is 34.9 Å². The van der Waals surface area contributed by atoms with Gasteiger partial charge in [-0.05, 0) is 136 Å². The Hall–Kier alpha value is -2.38. The first-order chi connectivity index (χ1) is 21.5.